The molecule has 4 aromatic rings. The van der Waals surface area contributed by atoms with Crippen LogP contribution in [0.3, 0.4) is 0 Å². The molecule has 0 unspecified atom stereocenters. The molecule has 7 nitrogen and oxygen atoms in total. The topological polar surface area (TPSA) is 75.0 Å². The zero-order valence-electron chi connectivity index (χ0n) is 15.8. The van der Waals surface area contributed by atoms with E-state index in [0.29, 0.717) is 6.54 Å². The van der Waals surface area contributed by atoms with Crippen molar-refractivity contribution in [2.45, 2.75) is 35.7 Å². The van der Waals surface area contributed by atoms with Crippen LogP contribution in [0.25, 0.3) is 21.6 Å². The summed E-state index contributed by atoms with van der Waals surface area (Å²) in [6.45, 7) is 1.53. The summed E-state index contributed by atoms with van der Waals surface area (Å²) < 4.78 is 13.3. The second-order valence-electron chi connectivity index (χ2n) is 6.70. The zero-order chi connectivity index (χ0) is 19.6. The van der Waals surface area contributed by atoms with E-state index in [-0.39, 0.29) is 6.10 Å². The fraction of sp³-hybridized carbons (Fsp3) is 0.300. The summed E-state index contributed by atoms with van der Waals surface area (Å²) in [4.78, 5) is 9.79. The van der Waals surface area contributed by atoms with Gasteiger partial charge in [0.25, 0.3) is 0 Å². The number of hydrogen-bond acceptors (Lipinski definition) is 8. The maximum absolute atomic E-state index is 5.89. The molecule has 148 valence electrons. The van der Waals surface area contributed by atoms with E-state index in [1.54, 1.807) is 24.8 Å². The first-order valence-electron chi connectivity index (χ1n) is 9.37. The van der Waals surface area contributed by atoms with E-state index in [1.807, 2.05) is 35.7 Å². The molecule has 1 aliphatic heterocycles. The summed E-state index contributed by atoms with van der Waals surface area (Å²) in [6, 6.07) is 9.93. The number of fused-ring (bicyclic) bond motifs is 1. The molecule has 0 spiro atoms. The Labute approximate surface area is 176 Å². The van der Waals surface area contributed by atoms with Gasteiger partial charge in [0.1, 0.15) is 21.9 Å². The van der Waals surface area contributed by atoms with E-state index in [4.69, 9.17) is 9.47 Å². The molecular formula is C20H19N5O2S2. The Hall–Kier alpha value is -2.49. The SMILES string of the molecule is COc1ccc(-c2nnc(Sc3ncnc4sccc34)n2C[C@H]2CCCO2)cc1. The van der Waals surface area contributed by atoms with Gasteiger partial charge in [-0.05, 0) is 60.3 Å². The van der Waals surface area contributed by atoms with Crippen LogP contribution in [0.1, 0.15) is 12.8 Å². The highest BCUT2D eigenvalue weighted by molar-refractivity contribution is 7.99. The van der Waals surface area contributed by atoms with Gasteiger partial charge in [0.2, 0.25) is 0 Å². The molecule has 0 saturated carbocycles. The molecule has 0 bridgehead atoms. The van der Waals surface area contributed by atoms with E-state index in [1.165, 1.54) is 11.8 Å². The third-order valence-corrected chi connectivity index (χ3v) is 6.71. The van der Waals surface area contributed by atoms with E-state index in [0.717, 1.165) is 57.0 Å². The lowest BCUT2D eigenvalue weighted by Crippen LogP contribution is -2.16. The highest BCUT2D eigenvalue weighted by atomic mass is 32.2. The molecule has 9 heteroatoms. The Balaban J connectivity index is 1.53. The second kappa shape index (κ2) is 8.10. The first-order chi connectivity index (χ1) is 14.3. The number of methoxy groups -OCH3 is 1. The number of aromatic nitrogens is 5. The van der Waals surface area contributed by atoms with Crippen LogP contribution < -0.4 is 4.74 Å². The van der Waals surface area contributed by atoms with E-state index in [9.17, 15) is 0 Å². The Morgan fingerprint density at radius 3 is 2.90 bits per heavy atom. The highest BCUT2D eigenvalue weighted by Gasteiger charge is 2.23. The van der Waals surface area contributed by atoms with Crippen molar-refractivity contribution in [3.8, 4) is 17.1 Å². The first kappa shape index (κ1) is 18.5. The largest absolute Gasteiger partial charge is 0.497 e. The van der Waals surface area contributed by atoms with Crippen LogP contribution in [0, 0.1) is 0 Å². The second-order valence-corrected chi connectivity index (χ2v) is 8.55. The van der Waals surface area contributed by atoms with Crippen LogP contribution in [0.15, 0.2) is 52.2 Å². The van der Waals surface area contributed by atoms with Crippen molar-refractivity contribution in [3.05, 3.63) is 42.0 Å². The molecule has 0 radical (unpaired) electrons. The monoisotopic (exact) mass is 425 g/mol. The van der Waals surface area contributed by atoms with Crippen LogP contribution in [-0.2, 0) is 11.3 Å². The number of hydrogen-bond donors (Lipinski definition) is 0. The van der Waals surface area contributed by atoms with Gasteiger partial charge in [0.05, 0.1) is 19.8 Å². The number of benzene rings is 1. The fourth-order valence-corrected chi connectivity index (χ4v) is 5.11. The van der Waals surface area contributed by atoms with Crippen molar-refractivity contribution in [1.82, 2.24) is 24.7 Å². The van der Waals surface area contributed by atoms with Gasteiger partial charge in [-0.1, -0.05) is 0 Å². The molecule has 1 aliphatic rings. The maximum atomic E-state index is 5.89. The third kappa shape index (κ3) is 3.73. The van der Waals surface area contributed by atoms with Crippen molar-refractivity contribution < 1.29 is 9.47 Å². The average molecular weight is 426 g/mol. The van der Waals surface area contributed by atoms with Gasteiger partial charge in [-0.2, -0.15) is 0 Å². The molecule has 3 aromatic heterocycles. The fourth-order valence-electron chi connectivity index (χ4n) is 3.41. The predicted molar refractivity (Wildman–Crippen MR) is 113 cm³/mol. The normalized spacial score (nSPS) is 16.5. The lowest BCUT2D eigenvalue weighted by atomic mass is 10.2. The van der Waals surface area contributed by atoms with Crippen LogP contribution in [0.2, 0.25) is 0 Å². The molecule has 4 heterocycles. The number of ether oxygens (including phenoxy) is 2. The minimum absolute atomic E-state index is 0.175. The van der Waals surface area contributed by atoms with Crippen molar-refractivity contribution >= 4 is 33.3 Å². The third-order valence-electron chi connectivity index (χ3n) is 4.89. The molecule has 1 saturated heterocycles. The van der Waals surface area contributed by atoms with Crippen LogP contribution in [0.4, 0.5) is 0 Å². The predicted octanol–water partition coefficient (Wildman–Crippen LogP) is 4.29. The standard InChI is InChI=1S/C20H19N5O2S2/c1-26-14-6-4-13(5-7-14)17-23-24-20(25(17)11-15-3-2-9-27-15)29-19-16-8-10-28-18(16)21-12-22-19/h4-8,10,12,15H,2-3,9,11H2,1H3/t15-/m1/s1. The number of thiophene rings is 1. The Bertz CT molecular complexity index is 1120. The first-order valence-corrected chi connectivity index (χ1v) is 11.1. The quantitative estimate of drug-likeness (QED) is 0.427. The van der Waals surface area contributed by atoms with Gasteiger partial charge in [-0.3, -0.25) is 4.57 Å². The molecule has 0 amide bonds. The van der Waals surface area contributed by atoms with Gasteiger partial charge in [-0.15, -0.1) is 21.5 Å². The molecule has 1 aromatic carbocycles. The Morgan fingerprint density at radius 2 is 2.10 bits per heavy atom. The number of rotatable bonds is 6. The van der Waals surface area contributed by atoms with E-state index < -0.39 is 0 Å². The highest BCUT2D eigenvalue weighted by Crippen LogP contribution is 2.34. The summed E-state index contributed by atoms with van der Waals surface area (Å²) in [7, 11) is 1.66. The van der Waals surface area contributed by atoms with Gasteiger partial charge in [-0.25, -0.2) is 9.97 Å². The molecule has 29 heavy (non-hydrogen) atoms. The summed E-state index contributed by atoms with van der Waals surface area (Å²) >= 11 is 3.13. The average Bonchev–Trinajstić information content (AvgIpc) is 3.51. The summed E-state index contributed by atoms with van der Waals surface area (Å²) in [6.07, 6.45) is 3.92. The van der Waals surface area contributed by atoms with Gasteiger partial charge in [0.15, 0.2) is 11.0 Å². The van der Waals surface area contributed by atoms with Gasteiger partial charge < -0.3 is 9.47 Å². The Kier molecular flexibility index (Phi) is 5.17. The van der Waals surface area contributed by atoms with Crippen LogP contribution in [-0.4, -0.2) is 44.6 Å². The summed E-state index contributed by atoms with van der Waals surface area (Å²) in [5, 5.41) is 13.8. The zero-order valence-corrected chi connectivity index (χ0v) is 17.4. The molecule has 5 rings (SSSR count). The van der Waals surface area contributed by atoms with E-state index in [2.05, 4.69) is 24.7 Å². The lowest BCUT2D eigenvalue weighted by molar-refractivity contribution is 0.0953. The minimum Gasteiger partial charge on any atom is -0.497 e. The number of nitrogens with zero attached hydrogens (tertiary/aromatic N) is 5. The molecule has 1 atom stereocenters. The smallest absolute Gasteiger partial charge is 0.197 e. The van der Waals surface area contributed by atoms with Crippen molar-refractivity contribution in [3.63, 3.8) is 0 Å². The molecule has 1 fully saturated rings. The van der Waals surface area contributed by atoms with Crippen molar-refractivity contribution in [2.24, 2.45) is 0 Å². The molecular weight excluding hydrogens is 406 g/mol. The summed E-state index contributed by atoms with van der Waals surface area (Å²) in [5.74, 6) is 1.63. The van der Waals surface area contributed by atoms with Crippen LogP contribution in [0.5, 0.6) is 5.75 Å². The Morgan fingerprint density at radius 1 is 1.21 bits per heavy atom. The van der Waals surface area contributed by atoms with Crippen molar-refractivity contribution in [1.29, 1.82) is 0 Å². The van der Waals surface area contributed by atoms with Gasteiger partial charge in [0, 0.05) is 17.6 Å². The molecule has 0 N–H and O–H groups in total. The lowest BCUT2D eigenvalue weighted by Gasteiger charge is -2.15. The minimum atomic E-state index is 0.175. The van der Waals surface area contributed by atoms with Crippen molar-refractivity contribution in [2.75, 3.05) is 13.7 Å². The maximum Gasteiger partial charge on any atom is 0.197 e. The summed E-state index contributed by atoms with van der Waals surface area (Å²) in [5.41, 5.74) is 0.992. The van der Waals surface area contributed by atoms with Crippen LogP contribution >= 0.6 is 23.1 Å². The van der Waals surface area contributed by atoms with Gasteiger partial charge >= 0.3 is 0 Å². The molecule has 0 aliphatic carbocycles. The van der Waals surface area contributed by atoms with E-state index >= 15 is 0 Å².